The van der Waals surface area contributed by atoms with Gasteiger partial charge in [0.15, 0.2) is 0 Å². The number of benzene rings is 1. The molecule has 0 saturated heterocycles. The maximum absolute atomic E-state index is 10.4. The van der Waals surface area contributed by atoms with Gasteiger partial charge in [0.2, 0.25) is 0 Å². The molecule has 2 nitrogen and oxygen atoms in total. The standard InChI is InChI=1S/C19H29NO/c1-19(2,3)16-8-9-18(21)15(12-16)13-20-11-10-14-6-4-5-7-17(14)20/h4-7,15-16,18,21H,8-13H2,1-3H3. The third-order valence-electron chi connectivity index (χ3n) is 5.61. The quantitative estimate of drug-likeness (QED) is 0.892. The van der Waals surface area contributed by atoms with Gasteiger partial charge >= 0.3 is 0 Å². The Morgan fingerprint density at radius 1 is 1.19 bits per heavy atom. The van der Waals surface area contributed by atoms with Crippen LogP contribution in [-0.4, -0.2) is 24.3 Å². The van der Waals surface area contributed by atoms with E-state index in [0.717, 1.165) is 31.8 Å². The van der Waals surface area contributed by atoms with Crippen molar-refractivity contribution in [1.29, 1.82) is 0 Å². The number of aliphatic hydroxyl groups excluding tert-OH is 1. The molecule has 0 spiro atoms. The Kier molecular flexibility index (Phi) is 4.00. The number of anilines is 1. The molecule has 1 aliphatic heterocycles. The topological polar surface area (TPSA) is 23.5 Å². The van der Waals surface area contributed by atoms with Gasteiger partial charge in [-0.1, -0.05) is 39.0 Å². The van der Waals surface area contributed by atoms with E-state index in [1.54, 1.807) is 0 Å². The molecule has 3 unspecified atom stereocenters. The molecule has 1 fully saturated rings. The Labute approximate surface area is 129 Å². The first-order valence-corrected chi connectivity index (χ1v) is 8.46. The molecule has 3 atom stereocenters. The van der Waals surface area contributed by atoms with Crippen LogP contribution in [0.1, 0.15) is 45.6 Å². The highest BCUT2D eigenvalue weighted by atomic mass is 16.3. The Balaban J connectivity index is 1.69. The van der Waals surface area contributed by atoms with E-state index in [1.165, 1.54) is 24.1 Å². The smallest absolute Gasteiger partial charge is 0.0585 e. The van der Waals surface area contributed by atoms with Gasteiger partial charge in [-0.05, 0) is 48.6 Å². The minimum Gasteiger partial charge on any atom is -0.393 e. The van der Waals surface area contributed by atoms with Gasteiger partial charge in [-0.3, -0.25) is 0 Å². The van der Waals surface area contributed by atoms with E-state index in [-0.39, 0.29) is 6.10 Å². The summed E-state index contributed by atoms with van der Waals surface area (Å²) in [6.45, 7) is 9.17. The number of hydrogen-bond acceptors (Lipinski definition) is 2. The van der Waals surface area contributed by atoms with Crippen LogP contribution in [0.25, 0.3) is 0 Å². The van der Waals surface area contributed by atoms with Gasteiger partial charge in [-0.2, -0.15) is 0 Å². The normalized spacial score (nSPS) is 29.5. The number of para-hydroxylation sites is 1. The molecule has 1 heterocycles. The van der Waals surface area contributed by atoms with E-state index in [1.807, 2.05) is 0 Å². The molecule has 1 aromatic rings. The zero-order chi connectivity index (χ0) is 15.0. The van der Waals surface area contributed by atoms with E-state index in [2.05, 4.69) is 49.9 Å². The second kappa shape index (κ2) is 5.64. The van der Waals surface area contributed by atoms with Crippen LogP contribution in [0, 0.1) is 17.3 Å². The fraction of sp³-hybridized carbons (Fsp3) is 0.684. The van der Waals surface area contributed by atoms with Gasteiger partial charge in [0.25, 0.3) is 0 Å². The molecule has 1 aliphatic carbocycles. The van der Waals surface area contributed by atoms with E-state index in [0.29, 0.717) is 11.3 Å². The Morgan fingerprint density at radius 2 is 1.95 bits per heavy atom. The second-order valence-electron chi connectivity index (χ2n) is 8.03. The van der Waals surface area contributed by atoms with Crippen LogP contribution in [0.3, 0.4) is 0 Å². The first-order chi connectivity index (χ1) is 9.95. The average Bonchev–Trinajstić information content (AvgIpc) is 2.83. The Hall–Kier alpha value is -1.02. The molecule has 1 aromatic carbocycles. The van der Waals surface area contributed by atoms with Crippen molar-refractivity contribution in [1.82, 2.24) is 0 Å². The first kappa shape index (κ1) is 14.9. The first-order valence-electron chi connectivity index (χ1n) is 8.46. The molecule has 0 amide bonds. The zero-order valence-electron chi connectivity index (χ0n) is 13.7. The van der Waals surface area contributed by atoms with Gasteiger partial charge in [0, 0.05) is 24.7 Å². The summed E-state index contributed by atoms with van der Waals surface area (Å²) in [6, 6.07) is 8.74. The molecule has 0 aromatic heterocycles. The van der Waals surface area contributed by atoms with Gasteiger partial charge in [-0.25, -0.2) is 0 Å². The minimum absolute atomic E-state index is 0.114. The molecule has 1 saturated carbocycles. The Bertz CT molecular complexity index is 491. The van der Waals surface area contributed by atoms with E-state index in [4.69, 9.17) is 0 Å². The molecular formula is C19H29NO. The predicted molar refractivity (Wildman–Crippen MR) is 88.7 cm³/mol. The lowest BCUT2D eigenvalue weighted by Gasteiger charge is -2.41. The maximum atomic E-state index is 10.4. The number of aliphatic hydroxyl groups is 1. The van der Waals surface area contributed by atoms with E-state index >= 15 is 0 Å². The molecule has 116 valence electrons. The van der Waals surface area contributed by atoms with Crippen LogP contribution < -0.4 is 4.90 Å². The third-order valence-corrected chi connectivity index (χ3v) is 5.61. The summed E-state index contributed by atoms with van der Waals surface area (Å²) in [7, 11) is 0. The molecule has 2 aliphatic rings. The van der Waals surface area contributed by atoms with Crippen LogP contribution in [0.15, 0.2) is 24.3 Å². The number of nitrogens with zero attached hydrogens (tertiary/aromatic N) is 1. The van der Waals surface area contributed by atoms with Gasteiger partial charge in [-0.15, -0.1) is 0 Å². The van der Waals surface area contributed by atoms with Crippen LogP contribution >= 0.6 is 0 Å². The van der Waals surface area contributed by atoms with E-state index in [9.17, 15) is 5.11 Å². The monoisotopic (exact) mass is 287 g/mol. The van der Waals surface area contributed by atoms with Crippen molar-refractivity contribution in [2.24, 2.45) is 17.3 Å². The van der Waals surface area contributed by atoms with Crippen molar-refractivity contribution in [3.05, 3.63) is 29.8 Å². The minimum atomic E-state index is -0.114. The molecule has 2 heteroatoms. The fourth-order valence-electron chi connectivity index (χ4n) is 4.11. The number of hydrogen-bond donors (Lipinski definition) is 1. The SMILES string of the molecule is CC(C)(C)C1CCC(O)C(CN2CCc3ccccc32)C1. The van der Waals surface area contributed by atoms with Crippen molar-refractivity contribution in [2.45, 2.75) is 52.6 Å². The van der Waals surface area contributed by atoms with Crippen molar-refractivity contribution < 1.29 is 5.11 Å². The summed E-state index contributed by atoms with van der Waals surface area (Å²) >= 11 is 0. The molecule has 3 rings (SSSR count). The van der Waals surface area contributed by atoms with Gasteiger partial charge < -0.3 is 10.0 Å². The lowest BCUT2D eigenvalue weighted by atomic mass is 9.68. The molecule has 0 radical (unpaired) electrons. The summed E-state index contributed by atoms with van der Waals surface area (Å²) < 4.78 is 0. The highest BCUT2D eigenvalue weighted by Gasteiger charge is 2.36. The third kappa shape index (κ3) is 3.11. The highest BCUT2D eigenvalue weighted by Crippen LogP contribution is 2.41. The molecule has 21 heavy (non-hydrogen) atoms. The summed E-state index contributed by atoms with van der Waals surface area (Å²) in [6.07, 6.45) is 4.36. The fourth-order valence-corrected chi connectivity index (χ4v) is 4.11. The lowest BCUT2D eigenvalue weighted by Crippen LogP contribution is -2.41. The van der Waals surface area contributed by atoms with Crippen molar-refractivity contribution in [2.75, 3.05) is 18.0 Å². The molecule has 0 bridgehead atoms. The van der Waals surface area contributed by atoms with Crippen LogP contribution in [0.2, 0.25) is 0 Å². The number of fused-ring (bicyclic) bond motifs is 1. The summed E-state index contributed by atoms with van der Waals surface area (Å²) in [5.41, 5.74) is 3.22. The van der Waals surface area contributed by atoms with Crippen LogP contribution in [0.5, 0.6) is 0 Å². The molecule has 1 N–H and O–H groups in total. The largest absolute Gasteiger partial charge is 0.393 e. The predicted octanol–water partition coefficient (Wildman–Crippen LogP) is 3.87. The summed E-state index contributed by atoms with van der Waals surface area (Å²) in [4.78, 5) is 2.49. The Morgan fingerprint density at radius 3 is 2.71 bits per heavy atom. The van der Waals surface area contributed by atoms with Crippen molar-refractivity contribution >= 4 is 5.69 Å². The highest BCUT2D eigenvalue weighted by molar-refractivity contribution is 5.57. The molecular weight excluding hydrogens is 258 g/mol. The van der Waals surface area contributed by atoms with Gasteiger partial charge in [0.1, 0.15) is 0 Å². The van der Waals surface area contributed by atoms with Crippen molar-refractivity contribution in [3.8, 4) is 0 Å². The number of rotatable bonds is 2. The van der Waals surface area contributed by atoms with Crippen LogP contribution in [0.4, 0.5) is 5.69 Å². The van der Waals surface area contributed by atoms with Crippen LogP contribution in [-0.2, 0) is 6.42 Å². The van der Waals surface area contributed by atoms with Crippen molar-refractivity contribution in [3.63, 3.8) is 0 Å². The summed E-state index contributed by atoms with van der Waals surface area (Å²) in [5, 5.41) is 10.4. The second-order valence-corrected chi connectivity index (χ2v) is 8.03. The average molecular weight is 287 g/mol. The van der Waals surface area contributed by atoms with E-state index < -0.39 is 0 Å². The maximum Gasteiger partial charge on any atom is 0.0585 e. The lowest BCUT2D eigenvalue weighted by molar-refractivity contribution is 0.0226. The summed E-state index contributed by atoms with van der Waals surface area (Å²) in [5.74, 6) is 1.16. The zero-order valence-corrected chi connectivity index (χ0v) is 13.7. The van der Waals surface area contributed by atoms with Gasteiger partial charge in [0.05, 0.1) is 6.10 Å².